The van der Waals surface area contributed by atoms with Gasteiger partial charge in [0, 0.05) is 29.1 Å². The van der Waals surface area contributed by atoms with Gasteiger partial charge in [0.1, 0.15) is 11.5 Å². The molecule has 0 radical (unpaired) electrons. The standard InChI is InChI=1S/C13H17NO.C7H9NO.CH4/c1-9-8-13(2,3)14-12-7-10(15-4)5-6-11(9)12;1-9-7-4-2-3-6(8)5-7;/h5-8,14H,1-4H3;2-5H,8H2,1H3;1H4. The highest BCUT2D eigenvalue weighted by Crippen LogP contribution is 2.35. The third-order valence-corrected chi connectivity index (χ3v) is 3.78. The van der Waals surface area contributed by atoms with E-state index in [9.17, 15) is 0 Å². The minimum Gasteiger partial charge on any atom is -0.497 e. The van der Waals surface area contributed by atoms with Gasteiger partial charge in [-0.05, 0) is 50.6 Å². The number of nitrogen functional groups attached to an aromatic ring is 1. The minimum atomic E-state index is 0. The molecule has 0 spiro atoms. The van der Waals surface area contributed by atoms with Crippen LogP contribution in [0.25, 0.3) is 5.57 Å². The summed E-state index contributed by atoms with van der Waals surface area (Å²) in [6.45, 7) is 6.48. The van der Waals surface area contributed by atoms with E-state index >= 15 is 0 Å². The number of hydrogen-bond acceptors (Lipinski definition) is 4. The Morgan fingerprint density at radius 2 is 1.60 bits per heavy atom. The molecule has 0 aliphatic carbocycles. The number of fused-ring (bicyclic) bond motifs is 1. The second-order valence-corrected chi connectivity index (χ2v) is 6.36. The molecule has 0 saturated heterocycles. The third-order valence-electron chi connectivity index (χ3n) is 3.78. The highest BCUT2D eigenvalue weighted by molar-refractivity contribution is 5.80. The summed E-state index contributed by atoms with van der Waals surface area (Å²) in [6.07, 6.45) is 2.25. The van der Waals surface area contributed by atoms with Crippen molar-refractivity contribution in [1.82, 2.24) is 0 Å². The predicted molar refractivity (Wildman–Crippen MR) is 108 cm³/mol. The molecule has 2 aromatic carbocycles. The lowest BCUT2D eigenvalue weighted by atomic mass is 9.91. The van der Waals surface area contributed by atoms with Crippen LogP contribution in [0.2, 0.25) is 0 Å². The van der Waals surface area contributed by atoms with Gasteiger partial charge >= 0.3 is 0 Å². The number of nitrogens with one attached hydrogen (secondary N) is 1. The first-order valence-electron chi connectivity index (χ1n) is 7.90. The van der Waals surface area contributed by atoms with Crippen LogP contribution in [-0.4, -0.2) is 19.8 Å². The van der Waals surface area contributed by atoms with E-state index in [1.807, 2.05) is 30.3 Å². The number of methoxy groups -OCH3 is 2. The number of nitrogens with two attached hydrogens (primary N) is 1. The first kappa shape index (κ1) is 20.4. The fourth-order valence-corrected chi connectivity index (χ4v) is 2.74. The van der Waals surface area contributed by atoms with Crippen molar-refractivity contribution in [2.45, 2.75) is 33.7 Å². The van der Waals surface area contributed by atoms with Crippen LogP contribution < -0.4 is 20.5 Å². The van der Waals surface area contributed by atoms with Crippen molar-refractivity contribution in [3.05, 3.63) is 54.1 Å². The van der Waals surface area contributed by atoms with E-state index in [1.54, 1.807) is 20.3 Å². The van der Waals surface area contributed by atoms with E-state index in [-0.39, 0.29) is 13.0 Å². The molecule has 1 heterocycles. The third kappa shape index (κ3) is 5.45. The lowest BCUT2D eigenvalue weighted by Crippen LogP contribution is -2.31. The molecular formula is C21H30N2O2. The van der Waals surface area contributed by atoms with Crippen molar-refractivity contribution >= 4 is 16.9 Å². The van der Waals surface area contributed by atoms with Gasteiger partial charge in [0.2, 0.25) is 0 Å². The summed E-state index contributed by atoms with van der Waals surface area (Å²) in [5.41, 5.74) is 9.93. The van der Waals surface area contributed by atoms with Crippen molar-refractivity contribution in [2.75, 3.05) is 25.3 Å². The number of allylic oxidation sites excluding steroid dienone is 1. The molecule has 2 aromatic rings. The van der Waals surface area contributed by atoms with Gasteiger partial charge in [0.05, 0.1) is 19.8 Å². The molecule has 3 N–H and O–H groups in total. The molecule has 136 valence electrons. The van der Waals surface area contributed by atoms with E-state index in [4.69, 9.17) is 15.2 Å². The molecule has 0 amide bonds. The summed E-state index contributed by atoms with van der Waals surface area (Å²) in [7, 11) is 3.31. The molecule has 25 heavy (non-hydrogen) atoms. The van der Waals surface area contributed by atoms with E-state index in [0.29, 0.717) is 0 Å². The minimum absolute atomic E-state index is 0. The summed E-state index contributed by atoms with van der Waals surface area (Å²) < 4.78 is 10.1. The van der Waals surface area contributed by atoms with Gasteiger partial charge < -0.3 is 20.5 Å². The van der Waals surface area contributed by atoms with Gasteiger partial charge in [-0.1, -0.05) is 19.6 Å². The van der Waals surface area contributed by atoms with E-state index in [1.165, 1.54) is 11.1 Å². The molecule has 4 heteroatoms. The Balaban J connectivity index is 0.000000270. The maximum Gasteiger partial charge on any atom is 0.120 e. The number of hydrogen-bond donors (Lipinski definition) is 2. The predicted octanol–water partition coefficient (Wildman–Crippen LogP) is 5.22. The van der Waals surface area contributed by atoms with Gasteiger partial charge in [-0.15, -0.1) is 0 Å². The average Bonchev–Trinajstić information content (AvgIpc) is 2.53. The fourth-order valence-electron chi connectivity index (χ4n) is 2.74. The lowest BCUT2D eigenvalue weighted by Gasteiger charge is -2.31. The van der Waals surface area contributed by atoms with Crippen molar-refractivity contribution in [2.24, 2.45) is 0 Å². The fraction of sp³-hybridized carbons (Fsp3) is 0.333. The Morgan fingerprint density at radius 1 is 0.960 bits per heavy atom. The molecule has 0 aromatic heterocycles. The van der Waals surface area contributed by atoms with E-state index in [0.717, 1.165) is 22.9 Å². The summed E-state index contributed by atoms with van der Waals surface area (Å²) in [5.74, 6) is 1.70. The molecule has 0 saturated carbocycles. The Bertz CT molecular complexity index is 736. The van der Waals surface area contributed by atoms with Crippen molar-refractivity contribution < 1.29 is 9.47 Å². The zero-order valence-corrected chi connectivity index (χ0v) is 15.0. The summed E-state index contributed by atoms with van der Waals surface area (Å²) in [5, 5.41) is 3.48. The largest absolute Gasteiger partial charge is 0.497 e. The number of benzene rings is 2. The van der Waals surface area contributed by atoms with Gasteiger partial charge in [0.25, 0.3) is 0 Å². The van der Waals surface area contributed by atoms with Crippen molar-refractivity contribution in [1.29, 1.82) is 0 Å². The van der Waals surface area contributed by atoms with Crippen LogP contribution in [0.3, 0.4) is 0 Å². The zero-order valence-electron chi connectivity index (χ0n) is 15.0. The Hall–Kier alpha value is -2.62. The number of anilines is 2. The van der Waals surface area contributed by atoms with Crippen LogP contribution in [0.1, 0.15) is 33.8 Å². The number of rotatable bonds is 2. The molecule has 0 fully saturated rings. The molecule has 0 atom stereocenters. The Labute approximate surface area is 151 Å². The zero-order chi connectivity index (χ0) is 17.7. The van der Waals surface area contributed by atoms with Gasteiger partial charge in [0.15, 0.2) is 0 Å². The van der Waals surface area contributed by atoms with Gasteiger partial charge in [-0.25, -0.2) is 0 Å². The Kier molecular flexibility index (Phi) is 6.92. The summed E-state index contributed by atoms with van der Waals surface area (Å²) in [6, 6.07) is 13.5. The first-order valence-corrected chi connectivity index (χ1v) is 7.90. The van der Waals surface area contributed by atoms with Crippen LogP contribution in [0.15, 0.2) is 48.5 Å². The highest BCUT2D eigenvalue weighted by atomic mass is 16.5. The van der Waals surface area contributed by atoms with Gasteiger partial charge in [-0.2, -0.15) is 0 Å². The molecule has 0 bridgehead atoms. The quantitative estimate of drug-likeness (QED) is 0.735. The smallest absolute Gasteiger partial charge is 0.120 e. The maximum absolute atomic E-state index is 5.45. The molecule has 4 nitrogen and oxygen atoms in total. The molecule has 1 aliphatic heterocycles. The van der Waals surface area contributed by atoms with Crippen LogP contribution in [0, 0.1) is 0 Å². The topological polar surface area (TPSA) is 56.5 Å². The van der Waals surface area contributed by atoms with Crippen molar-refractivity contribution in [3.8, 4) is 11.5 Å². The highest BCUT2D eigenvalue weighted by Gasteiger charge is 2.22. The molecular weight excluding hydrogens is 312 g/mol. The molecule has 3 rings (SSSR count). The van der Waals surface area contributed by atoms with Crippen LogP contribution in [0.5, 0.6) is 11.5 Å². The second-order valence-electron chi connectivity index (χ2n) is 6.36. The summed E-state index contributed by atoms with van der Waals surface area (Å²) in [4.78, 5) is 0. The SMILES string of the molecule is C.COc1ccc2c(c1)NC(C)(C)C=C2C.COc1cccc(N)c1. The second kappa shape index (κ2) is 8.47. The lowest BCUT2D eigenvalue weighted by molar-refractivity contribution is 0.415. The maximum atomic E-state index is 5.45. The average molecular weight is 342 g/mol. The van der Waals surface area contributed by atoms with Crippen LogP contribution in [-0.2, 0) is 0 Å². The van der Waals surface area contributed by atoms with Crippen LogP contribution >= 0.6 is 0 Å². The molecule has 1 aliphatic rings. The Morgan fingerprint density at radius 3 is 2.16 bits per heavy atom. The van der Waals surface area contributed by atoms with E-state index in [2.05, 4.69) is 38.2 Å². The number of ether oxygens (including phenoxy) is 2. The first-order chi connectivity index (χ1) is 11.3. The molecule has 0 unspecified atom stereocenters. The summed E-state index contributed by atoms with van der Waals surface area (Å²) >= 11 is 0. The van der Waals surface area contributed by atoms with E-state index < -0.39 is 0 Å². The monoisotopic (exact) mass is 342 g/mol. The van der Waals surface area contributed by atoms with Crippen molar-refractivity contribution in [3.63, 3.8) is 0 Å². The van der Waals surface area contributed by atoms with Gasteiger partial charge in [-0.3, -0.25) is 0 Å². The normalized spacial score (nSPS) is 13.7. The van der Waals surface area contributed by atoms with Crippen LogP contribution in [0.4, 0.5) is 11.4 Å².